The normalized spacial score (nSPS) is 11.5. The fourth-order valence-electron chi connectivity index (χ4n) is 4.10. The molecule has 0 unspecified atom stereocenters. The number of pyridine rings is 2. The first-order valence-electron chi connectivity index (χ1n) is 10.8. The Hall–Kier alpha value is -3.16. The van der Waals surface area contributed by atoms with Crippen LogP contribution < -0.4 is 0 Å². The van der Waals surface area contributed by atoms with E-state index in [4.69, 9.17) is 9.97 Å². The van der Waals surface area contributed by atoms with E-state index in [1.165, 1.54) is 29.3 Å². The second-order valence-corrected chi connectivity index (χ2v) is 11.9. The minimum absolute atomic E-state index is 0.956. The van der Waals surface area contributed by atoms with E-state index in [9.17, 15) is 0 Å². The number of benzene rings is 1. The number of fused-ring (bicyclic) bond motifs is 3. The molecule has 7 rings (SSSR count). The van der Waals surface area contributed by atoms with Gasteiger partial charge in [0, 0.05) is 30.3 Å². The molecule has 0 aliphatic carbocycles. The summed E-state index contributed by atoms with van der Waals surface area (Å²) in [7, 11) is 0. The second kappa shape index (κ2) is 8.25. The molecule has 6 aromatic heterocycles. The molecule has 0 saturated carbocycles. The smallest absolute Gasteiger partial charge is 0.0972 e. The molecule has 0 spiro atoms. The van der Waals surface area contributed by atoms with Crippen molar-refractivity contribution in [3.63, 3.8) is 0 Å². The summed E-state index contributed by atoms with van der Waals surface area (Å²) in [4.78, 5) is 17.7. The lowest BCUT2D eigenvalue weighted by atomic mass is 10.1. The van der Waals surface area contributed by atoms with Gasteiger partial charge in [0.05, 0.1) is 32.2 Å². The van der Waals surface area contributed by atoms with Gasteiger partial charge in [0.15, 0.2) is 0 Å². The second-order valence-electron chi connectivity index (χ2n) is 7.88. The Kier molecular flexibility index (Phi) is 4.91. The highest BCUT2D eigenvalue weighted by Gasteiger charge is 2.12. The van der Waals surface area contributed by atoms with Crippen LogP contribution in [0.25, 0.3) is 62.5 Å². The van der Waals surface area contributed by atoms with Gasteiger partial charge in [0.25, 0.3) is 0 Å². The molecule has 6 heteroatoms. The van der Waals surface area contributed by atoms with Crippen LogP contribution in [0.1, 0.15) is 0 Å². The molecule has 0 fully saturated rings. The summed E-state index contributed by atoms with van der Waals surface area (Å²) in [5.74, 6) is 0. The molecule has 0 aliphatic heterocycles. The maximum Gasteiger partial charge on any atom is 0.0972 e. The van der Waals surface area contributed by atoms with Gasteiger partial charge in [-0.3, -0.25) is 0 Å². The van der Waals surface area contributed by atoms with Crippen LogP contribution in [0.4, 0.5) is 0 Å². The van der Waals surface area contributed by atoms with Crippen molar-refractivity contribution in [2.24, 2.45) is 0 Å². The van der Waals surface area contributed by atoms with E-state index in [0.29, 0.717) is 0 Å². The maximum absolute atomic E-state index is 5.11. The van der Waals surface area contributed by atoms with Crippen molar-refractivity contribution in [3.8, 4) is 40.7 Å². The highest BCUT2D eigenvalue weighted by Crippen LogP contribution is 2.38. The highest BCUT2D eigenvalue weighted by atomic mass is 32.1. The monoisotopic (exact) mass is 508 g/mol. The zero-order chi connectivity index (χ0) is 22.5. The summed E-state index contributed by atoms with van der Waals surface area (Å²) in [6.07, 6.45) is 0. The molecule has 0 amide bonds. The van der Waals surface area contributed by atoms with Crippen molar-refractivity contribution >= 4 is 67.2 Å². The number of nitrogens with zero attached hydrogens (tertiary/aromatic N) is 2. The SMILES string of the molecule is c1csc(-c2ccc(-c3ccc4ccc5ccc(-c6ccc(-c7cccs7)s6)nc5c4n3)s2)c1. The van der Waals surface area contributed by atoms with Crippen molar-refractivity contribution in [2.75, 3.05) is 0 Å². The van der Waals surface area contributed by atoms with Crippen LogP contribution in [0.15, 0.2) is 95.7 Å². The van der Waals surface area contributed by atoms with Crippen LogP contribution in [0.2, 0.25) is 0 Å². The van der Waals surface area contributed by atoms with Gasteiger partial charge in [-0.2, -0.15) is 0 Å². The number of rotatable bonds is 4. The molecule has 2 nitrogen and oxygen atoms in total. The molecule has 162 valence electrons. The highest BCUT2D eigenvalue weighted by molar-refractivity contribution is 7.23. The van der Waals surface area contributed by atoms with E-state index >= 15 is 0 Å². The van der Waals surface area contributed by atoms with Crippen molar-refractivity contribution in [1.29, 1.82) is 0 Å². The lowest BCUT2D eigenvalue weighted by molar-refractivity contribution is 1.38. The molecule has 0 radical (unpaired) electrons. The fraction of sp³-hybridized carbons (Fsp3) is 0. The van der Waals surface area contributed by atoms with E-state index in [1.807, 2.05) is 0 Å². The van der Waals surface area contributed by atoms with E-state index in [-0.39, 0.29) is 0 Å². The quantitative estimate of drug-likeness (QED) is 0.221. The van der Waals surface area contributed by atoms with Gasteiger partial charge < -0.3 is 0 Å². The van der Waals surface area contributed by atoms with Gasteiger partial charge in [0.2, 0.25) is 0 Å². The van der Waals surface area contributed by atoms with Gasteiger partial charge in [0.1, 0.15) is 0 Å². The average molecular weight is 509 g/mol. The van der Waals surface area contributed by atoms with Crippen LogP contribution in [0.3, 0.4) is 0 Å². The fourth-order valence-corrected chi connectivity index (χ4v) is 7.72. The summed E-state index contributed by atoms with van der Waals surface area (Å²) in [6.45, 7) is 0. The zero-order valence-electron chi connectivity index (χ0n) is 17.8. The van der Waals surface area contributed by atoms with E-state index in [0.717, 1.165) is 33.2 Å². The van der Waals surface area contributed by atoms with Gasteiger partial charge >= 0.3 is 0 Å². The van der Waals surface area contributed by atoms with Gasteiger partial charge in [-0.1, -0.05) is 36.4 Å². The first-order valence-corrected chi connectivity index (χ1v) is 14.2. The summed E-state index contributed by atoms with van der Waals surface area (Å²) < 4.78 is 0. The first-order chi connectivity index (χ1) is 16.8. The molecule has 0 N–H and O–H groups in total. The Bertz CT molecular complexity index is 1620. The summed E-state index contributed by atoms with van der Waals surface area (Å²) >= 11 is 7.12. The minimum Gasteiger partial charge on any atom is -0.245 e. The van der Waals surface area contributed by atoms with Crippen molar-refractivity contribution in [3.05, 3.63) is 95.7 Å². The Morgan fingerprint density at radius 1 is 0.412 bits per heavy atom. The third-order valence-electron chi connectivity index (χ3n) is 5.76. The van der Waals surface area contributed by atoms with Crippen LogP contribution in [0.5, 0.6) is 0 Å². The Morgan fingerprint density at radius 2 is 0.853 bits per heavy atom. The molecule has 0 bridgehead atoms. The summed E-state index contributed by atoms with van der Waals surface area (Å²) in [5, 5.41) is 6.47. The number of hydrogen-bond donors (Lipinski definition) is 0. The van der Waals surface area contributed by atoms with Crippen LogP contribution >= 0.6 is 45.3 Å². The molecule has 0 aliphatic rings. The maximum atomic E-state index is 5.11. The van der Waals surface area contributed by atoms with E-state index in [2.05, 4.69) is 95.7 Å². The third kappa shape index (κ3) is 3.51. The van der Waals surface area contributed by atoms with Gasteiger partial charge in [-0.25, -0.2) is 9.97 Å². The Balaban J connectivity index is 1.34. The zero-order valence-corrected chi connectivity index (χ0v) is 21.0. The molecule has 1 aromatic carbocycles. The predicted molar refractivity (Wildman–Crippen MR) is 150 cm³/mol. The van der Waals surface area contributed by atoms with Crippen molar-refractivity contribution < 1.29 is 0 Å². The first kappa shape index (κ1) is 20.2. The van der Waals surface area contributed by atoms with Crippen LogP contribution in [-0.4, -0.2) is 9.97 Å². The summed E-state index contributed by atoms with van der Waals surface area (Å²) in [6, 6.07) is 30.1. The lowest BCUT2D eigenvalue weighted by Gasteiger charge is -2.06. The van der Waals surface area contributed by atoms with Crippen molar-refractivity contribution in [2.45, 2.75) is 0 Å². The molecule has 34 heavy (non-hydrogen) atoms. The molecular formula is C28H16N2S4. The largest absolute Gasteiger partial charge is 0.245 e. The lowest BCUT2D eigenvalue weighted by Crippen LogP contribution is -1.89. The Morgan fingerprint density at radius 3 is 1.29 bits per heavy atom. The number of aromatic nitrogens is 2. The average Bonchev–Trinajstić information content (AvgIpc) is 3.70. The summed E-state index contributed by atoms with van der Waals surface area (Å²) in [5.41, 5.74) is 3.91. The number of hydrogen-bond acceptors (Lipinski definition) is 6. The molecule has 7 aromatic rings. The minimum atomic E-state index is 0.956. The number of thiophene rings is 4. The Labute approximate surface area is 212 Å². The predicted octanol–water partition coefficient (Wildman–Crippen LogP) is 9.70. The van der Waals surface area contributed by atoms with E-state index in [1.54, 1.807) is 45.3 Å². The third-order valence-corrected chi connectivity index (χ3v) is 10.1. The molecule has 0 atom stereocenters. The van der Waals surface area contributed by atoms with Crippen molar-refractivity contribution in [1.82, 2.24) is 9.97 Å². The van der Waals surface area contributed by atoms with Crippen LogP contribution in [0, 0.1) is 0 Å². The van der Waals surface area contributed by atoms with Crippen LogP contribution in [-0.2, 0) is 0 Å². The molecular weight excluding hydrogens is 493 g/mol. The van der Waals surface area contributed by atoms with Gasteiger partial charge in [-0.05, 0) is 59.3 Å². The van der Waals surface area contributed by atoms with Gasteiger partial charge in [-0.15, -0.1) is 45.3 Å². The standard InChI is InChI=1S/C28H16N2S4/c1-3-23(31-15-1)25-13-11-21(33-25)19-9-7-17-5-6-18-8-10-20(30-28(18)27(17)29-19)22-12-14-26(34-22)24-4-2-16-32-24/h1-16H. The van der Waals surface area contributed by atoms with E-state index < -0.39 is 0 Å². The topological polar surface area (TPSA) is 25.8 Å². The molecule has 0 saturated heterocycles. The molecule has 6 heterocycles.